The van der Waals surface area contributed by atoms with Crippen molar-refractivity contribution in [2.45, 2.75) is 12.5 Å². The molecule has 0 aromatic heterocycles. The fourth-order valence-corrected chi connectivity index (χ4v) is 1.57. The van der Waals surface area contributed by atoms with E-state index in [2.05, 4.69) is 5.32 Å². The number of hydrogen-bond donors (Lipinski definition) is 1. The molecule has 0 radical (unpaired) electrons. The summed E-state index contributed by atoms with van der Waals surface area (Å²) in [5.41, 5.74) is 0. The predicted molar refractivity (Wildman–Crippen MR) is 53.5 cm³/mol. The number of amides is 1. The van der Waals surface area contributed by atoms with E-state index in [-0.39, 0.29) is 10.9 Å². The van der Waals surface area contributed by atoms with Gasteiger partial charge in [0.1, 0.15) is 11.6 Å². The Balaban J connectivity index is 2.10. The van der Waals surface area contributed by atoms with Gasteiger partial charge in [0.05, 0.1) is 5.02 Å². The molecule has 80 valence electrons. The quantitative estimate of drug-likeness (QED) is 0.839. The Labute approximate surface area is 91.2 Å². The lowest BCUT2D eigenvalue weighted by Crippen LogP contribution is -2.27. The van der Waals surface area contributed by atoms with Gasteiger partial charge in [-0.15, -0.1) is 0 Å². The average Bonchev–Trinajstić information content (AvgIpc) is 2.59. The molecule has 1 N–H and O–H groups in total. The summed E-state index contributed by atoms with van der Waals surface area (Å²) in [6.45, 7) is 0.610. The van der Waals surface area contributed by atoms with Crippen LogP contribution >= 0.6 is 11.6 Å². The first kappa shape index (κ1) is 10.2. The second-order valence-corrected chi connectivity index (χ2v) is 3.67. The topological polar surface area (TPSA) is 38.3 Å². The fraction of sp³-hybridized carbons (Fsp3) is 0.300. The molecular formula is C10H9ClFNO2. The summed E-state index contributed by atoms with van der Waals surface area (Å²) in [5.74, 6) is -0.237. The number of rotatable bonds is 2. The Morgan fingerprint density at radius 2 is 2.33 bits per heavy atom. The molecular weight excluding hydrogens is 221 g/mol. The van der Waals surface area contributed by atoms with Crippen molar-refractivity contribution < 1.29 is 13.9 Å². The Morgan fingerprint density at radius 1 is 1.53 bits per heavy atom. The minimum Gasteiger partial charge on any atom is -0.480 e. The highest BCUT2D eigenvalue weighted by atomic mass is 35.5. The molecule has 2 rings (SSSR count). The van der Waals surface area contributed by atoms with E-state index in [4.69, 9.17) is 16.3 Å². The summed E-state index contributed by atoms with van der Waals surface area (Å²) in [6.07, 6.45) is 0.125. The van der Waals surface area contributed by atoms with E-state index in [0.29, 0.717) is 18.7 Å². The van der Waals surface area contributed by atoms with Crippen molar-refractivity contribution in [2.24, 2.45) is 0 Å². The van der Waals surface area contributed by atoms with Gasteiger partial charge in [-0.25, -0.2) is 4.39 Å². The number of ether oxygens (including phenoxy) is 1. The molecule has 1 aliphatic rings. The van der Waals surface area contributed by atoms with Crippen molar-refractivity contribution in [2.75, 3.05) is 6.54 Å². The molecule has 1 aromatic carbocycles. The number of halogens is 2. The average molecular weight is 230 g/mol. The van der Waals surface area contributed by atoms with Gasteiger partial charge in [-0.05, 0) is 12.1 Å². The van der Waals surface area contributed by atoms with E-state index < -0.39 is 11.9 Å². The van der Waals surface area contributed by atoms with Gasteiger partial charge in [0.15, 0.2) is 6.10 Å². The molecule has 1 aliphatic heterocycles. The van der Waals surface area contributed by atoms with Gasteiger partial charge in [-0.3, -0.25) is 4.79 Å². The lowest BCUT2D eigenvalue weighted by atomic mass is 10.3. The van der Waals surface area contributed by atoms with Gasteiger partial charge >= 0.3 is 0 Å². The standard InChI is InChI=1S/C10H9ClFNO2/c11-7-5-6(1-2-8(7)12)15-9-3-4-13-10(9)14/h1-2,5,9H,3-4H2,(H,13,14). The zero-order valence-corrected chi connectivity index (χ0v) is 8.55. The molecule has 3 nitrogen and oxygen atoms in total. The maximum Gasteiger partial charge on any atom is 0.261 e. The van der Waals surface area contributed by atoms with Crippen LogP contribution in [0, 0.1) is 5.82 Å². The first-order chi connectivity index (χ1) is 7.16. The molecule has 0 spiro atoms. The SMILES string of the molecule is O=C1NCCC1Oc1ccc(F)c(Cl)c1. The maximum absolute atomic E-state index is 12.8. The van der Waals surface area contributed by atoms with Gasteiger partial charge in [0, 0.05) is 19.0 Å². The van der Waals surface area contributed by atoms with E-state index >= 15 is 0 Å². The van der Waals surface area contributed by atoms with Crippen molar-refractivity contribution in [3.05, 3.63) is 29.0 Å². The van der Waals surface area contributed by atoms with Crippen LogP contribution in [0.25, 0.3) is 0 Å². The van der Waals surface area contributed by atoms with Crippen molar-refractivity contribution in [1.82, 2.24) is 5.32 Å². The number of benzene rings is 1. The number of nitrogens with one attached hydrogen (secondary N) is 1. The monoisotopic (exact) mass is 229 g/mol. The first-order valence-electron chi connectivity index (χ1n) is 4.56. The molecule has 1 fully saturated rings. The molecule has 1 unspecified atom stereocenters. The third-order valence-corrected chi connectivity index (χ3v) is 2.46. The van der Waals surface area contributed by atoms with Crippen LogP contribution in [0.15, 0.2) is 18.2 Å². The molecule has 1 saturated heterocycles. The largest absolute Gasteiger partial charge is 0.480 e. The van der Waals surface area contributed by atoms with Crippen LogP contribution in [0.5, 0.6) is 5.75 Å². The van der Waals surface area contributed by atoms with Crippen LogP contribution in [0.2, 0.25) is 5.02 Å². The highest BCUT2D eigenvalue weighted by Gasteiger charge is 2.25. The third-order valence-electron chi connectivity index (χ3n) is 2.17. The smallest absolute Gasteiger partial charge is 0.261 e. The minimum atomic E-state index is -0.500. The molecule has 0 bridgehead atoms. The zero-order chi connectivity index (χ0) is 10.8. The number of carbonyl (C=O) groups is 1. The maximum atomic E-state index is 12.8. The normalized spacial score (nSPS) is 20.1. The van der Waals surface area contributed by atoms with Crippen LogP contribution in [0.3, 0.4) is 0 Å². The van der Waals surface area contributed by atoms with E-state index in [9.17, 15) is 9.18 Å². The molecule has 1 atom stereocenters. The summed E-state index contributed by atoms with van der Waals surface area (Å²) in [4.78, 5) is 11.2. The summed E-state index contributed by atoms with van der Waals surface area (Å²) < 4.78 is 18.2. The van der Waals surface area contributed by atoms with Crippen LogP contribution < -0.4 is 10.1 Å². The highest BCUT2D eigenvalue weighted by Crippen LogP contribution is 2.23. The molecule has 1 heterocycles. The van der Waals surface area contributed by atoms with E-state index in [0.717, 1.165) is 0 Å². The number of carbonyl (C=O) groups excluding carboxylic acids is 1. The second kappa shape index (κ2) is 4.06. The zero-order valence-electron chi connectivity index (χ0n) is 7.80. The third kappa shape index (κ3) is 2.21. The predicted octanol–water partition coefficient (Wildman–Crippen LogP) is 1.75. The van der Waals surface area contributed by atoms with Crippen LogP contribution in [-0.2, 0) is 4.79 Å². The van der Waals surface area contributed by atoms with E-state index in [1.807, 2.05) is 0 Å². The van der Waals surface area contributed by atoms with Gasteiger partial charge in [0.25, 0.3) is 5.91 Å². The molecule has 0 saturated carbocycles. The lowest BCUT2D eigenvalue weighted by Gasteiger charge is -2.10. The summed E-state index contributed by atoms with van der Waals surface area (Å²) in [5, 5.41) is 2.64. The highest BCUT2D eigenvalue weighted by molar-refractivity contribution is 6.30. The molecule has 15 heavy (non-hydrogen) atoms. The van der Waals surface area contributed by atoms with Crippen LogP contribution in [0.1, 0.15) is 6.42 Å². The lowest BCUT2D eigenvalue weighted by molar-refractivity contribution is -0.124. The summed E-state index contributed by atoms with van der Waals surface area (Å²) in [7, 11) is 0. The van der Waals surface area contributed by atoms with Gasteiger partial charge in [-0.1, -0.05) is 11.6 Å². The van der Waals surface area contributed by atoms with E-state index in [1.165, 1.54) is 18.2 Å². The van der Waals surface area contributed by atoms with Gasteiger partial charge in [-0.2, -0.15) is 0 Å². The summed E-state index contributed by atoms with van der Waals surface area (Å²) >= 11 is 5.58. The van der Waals surface area contributed by atoms with Crippen LogP contribution in [-0.4, -0.2) is 18.6 Å². The van der Waals surface area contributed by atoms with Crippen molar-refractivity contribution in [3.63, 3.8) is 0 Å². The van der Waals surface area contributed by atoms with Crippen molar-refractivity contribution in [1.29, 1.82) is 0 Å². The van der Waals surface area contributed by atoms with Crippen LogP contribution in [0.4, 0.5) is 4.39 Å². The molecule has 1 aromatic rings. The van der Waals surface area contributed by atoms with Gasteiger partial charge in [0.2, 0.25) is 0 Å². The Hall–Kier alpha value is -1.29. The van der Waals surface area contributed by atoms with E-state index in [1.54, 1.807) is 0 Å². The van der Waals surface area contributed by atoms with Gasteiger partial charge < -0.3 is 10.1 Å². The number of hydrogen-bond acceptors (Lipinski definition) is 2. The Morgan fingerprint density at radius 3 is 2.93 bits per heavy atom. The molecule has 0 aliphatic carbocycles. The second-order valence-electron chi connectivity index (χ2n) is 3.26. The minimum absolute atomic E-state index is 0.00842. The first-order valence-corrected chi connectivity index (χ1v) is 4.94. The van der Waals surface area contributed by atoms with Crippen molar-refractivity contribution >= 4 is 17.5 Å². The Bertz CT molecular complexity index is 397. The Kier molecular flexibility index (Phi) is 2.77. The summed E-state index contributed by atoms with van der Waals surface area (Å²) in [6, 6.07) is 4.03. The fourth-order valence-electron chi connectivity index (χ4n) is 1.40. The molecule has 5 heteroatoms. The molecule has 1 amide bonds. The van der Waals surface area contributed by atoms with Crippen molar-refractivity contribution in [3.8, 4) is 5.75 Å².